The summed E-state index contributed by atoms with van der Waals surface area (Å²) in [5.74, 6) is 0.480. The molecular formula is C17H21N3O2. The average molecular weight is 299 g/mol. The summed E-state index contributed by atoms with van der Waals surface area (Å²) in [6.07, 6.45) is 3.47. The number of benzene rings is 1. The molecule has 0 aliphatic carbocycles. The maximum Gasteiger partial charge on any atom is 0.251 e. The summed E-state index contributed by atoms with van der Waals surface area (Å²) in [6, 6.07) is 10.9. The summed E-state index contributed by atoms with van der Waals surface area (Å²) in [7, 11) is 0. The van der Waals surface area contributed by atoms with Crippen LogP contribution in [0.3, 0.4) is 0 Å². The zero-order valence-electron chi connectivity index (χ0n) is 12.9. The number of nitrogens with one attached hydrogen (secondary N) is 1. The lowest BCUT2D eigenvalue weighted by Crippen LogP contribution is -2.45. The van der Waals surface area contributed by atoms with Crippen LogP contribution in [0.1, 0.15) is 29.8 Å². The Morgan fingerprint density at radius 2 is 2.14 bits per heavy atom. The number of amides is 1. The summed E-state index contributed by atoms with van der Waals surface area (Å²) >= 11 is 0. The fourth-order valence-electron chi connectivity index (χ4n) is 1.79. The van der Waals surface area contributed by atoms with Gasteiger partial charge in [0.05, 0.1) is 0 Å². The number of hydrogen-bond acceptors (Lipinski definition) is 4. The molecule has 1 amide bonds. The maximum atomic E-state index is 12.1. The lowest BCUT2D eigenvalue weighted by Gasteiger charge is -2.19. The Balaban J connectivity index is 1.96. The minimum atomic E-state index is -0.440. The predicted molar refractivity (Wildman–Crippen MR) is 85.6 cm³/mol. The average Bonchev–Trinajstić information content (AvgIpc) is 2.51. The summed E-state index contributed by atoms with van der Waals surface area (Å²) in [5.41, 5.74) is 6.94. The number of nitrogens with zero attached hydrogens (tertiary/aromatic N) is 1. The number of nitrogens with two attached hydrogens (primary N) is 1. The normalized spacial score (nSPS) is 11.0. The summed E-state index contributed by atoms with van der Waals surface area (Å²) in [6.45, 7) is 4.54. The SMILES string of the molecule is CC(C)(N)CNC(=O)c1cccc(OCc2cccnc2)c1. The van der Waals surface area contributed by atoms with Gasteiger partial charge in [0, 0.05) is 35.6 Å². The predicted octanol–water partition coefficient (Wildman–Crippen LogP) is 2.13. The number of rotatable bonds is 6. The van der Waals surface area contributed by atoms with Crippen molar-refractivity contribution >= 4 is 5.91 Å². The Bertz CT molecular complexity index is 621. The van der Waals surface area contributed by atoms with Crippen LogP contribution in [0, 0.1) is 0 Å². The number of carbonyl (C=O) groups is 1. The van der Waals surface area contributed by atoms with Gasteiger partial charge in [0.25, 0.3) is 5.91 Å². The van der Waals surface area contributed by atoms with Gasteiger partial charge in [-0.15, -0.1) is 0 Å². The quantitative estimate of drug-likeness (QED) is 0.856. The van der Waals surface area contributed by atoms with Gasteiger partial charge in [0.15, 0.2) is 0 Å². The Hall–Kier alpha value is -2.40. The van der Waals surface area contributed by atoms with E-state index in [2.05, 4.69) is 10.3 Å². The zero-order chi connectivity index (χ0) is 16.0. The van der Waals surface area contributed by atoms with Crippen LogP contribution in [0.15, 0.2) is 48.8 Å². The highest BCUT2D eigenvalue weighted by atomic mass is 16.5. The smallest absolute Gasteiger partial charge is 0.251 e. The van der Waals surface area contributed by atoms with E-state index in [1.807, 2.05) is 32.0 Å². The topological polar surface area (TPSA) is 77.2 Å². The molecule has 0 saturated carbocycles. The van der Waals surface area contributed by atoms with Crippen molar-refractivity contribution in [3.8, 4) is 5.75 Å². The molecule has 5 nitrogen and oxygen atoms in total. The minimum Gasteiger partial charge on any atom is -0.489 e. The van der Waals surface area contributed by atoms with Gasteiger partial charge in [0.2, 0.25) is 0 Å². The zero-order valence-corrected chi connectivity index (χ0v) is 12.9. The van der Waals surface area contributed by atoms with Crippen molar-refractivity contribution in [1.82, 2.24) is 10.3 Å². The molecule has 0 spiro atoms. The highest BCUT2D eigenvalue weighted by molar-refractivity contribution is 5.94. The van der Waals surface area contributed by atoms with Crippen LogP contribution >= 0.6 is 0 Å². The van der Waals surface area contributed by atoms with Gasteiger partial charge in [0.1, 0.15) is 12.4 Å². The molecule has 2 rings (SSSR count). The molecule has 0 aliphatic heterocycles. The second kappa shape index (κ2) is 7.04. The van der Waals surface area contributed by atoms with Gasteiger partial charge >= 0.3 is 0 Å². The highest BCUT2D eigenvalue weighted by Gasteiger charge is 2.13. The van der Waals surface area contributed by atoms with Crippen molar-refractivity contribution in [2.24, 2.45) is 5.73 Å². The molecule has 0 aliphatic rings. The first kappa shape index (κ1) is 16.0. The van der Waals surface area contributed by atoms with Crippen LogP contribution in [0.5, 0.6) is 5.75 Å². The Kier molecular flexibility index (Phi) is 5.12. The van der Waals surface area contributed by atoms with Crippen LogP contribution in [0.2, 0.25) is 0 Å². The summed E-state index contributed by atoms with van der Waals surface area (Å²) in [4.78, 5) is 16.1. The van der Waals surface area contributed by atoms with Crippen molar-refractivity contribution in [3.63, 3.8) is 0 Å². The number of ether oxygens (including phenoxy) is 1. The molecule has 0 fully saturated rings. The highest BCUT2D eigenvalue weighted by Crippen LogP contribution is 2.15. The summed E-state index contributed by atoms with van der Waals surface area (Å²) in [5, 5.41) is 2.81. The van der Waals surface area contributed by atoms with Gasteiger partial charge in [-0.25, -0.2) is 0 Å². The Morgan fingerprint density at radius 1 is 1.32 bits per heavy atom. The number of pyridine rings is 1. The van der Waals surface area contributed by atoms with Crippen LogP contribution in [-0.4, -0.2) is 23.0 Å². The molecule has 2 aromatic rings. The van der Waals surface area contributed by atoms with Crippen molar-refractivity contribution in [2.45, 2.75) is 26.0 Å². The summed E-state index contributed by atoms with van der Waals surface area (Å²) < 4.78 is 5.68. The third-order valence-corrected chi connectivity index (χ3v) is 2.93. The van der Waals surface area contributed by atoms with Crippen LogP contribution < -0.4 is 15.8 Å². The molecule has 3 N–H and O–H groups in total. The van der Waals surface area contributed by atoms with Crippen LogP contribution in [-0.2, 0) is 6.61 Å². The van der Waals surface area contributed by atoms with Crippen molar-refractivity contribution in [3.05, 3.63) is 59.9 Å². The van der Waals surface area contributed by atoms with Crippen molar-refractivity contribution in [1.29, 1.82) is 0 Å². The fraction of sp³-hybridized carbons (Fsp3) is 0.294. The first-order chi connectivity index (χ1) is 10.4. The first-order valence-electron chi connectivity index (χ1n) is 7.13. The van der Waals surface area contributed by atoms with E-state index < -0.39 is 5.54 Å². The van der Waals surface area contributed by atoms with Crippen molar-refractivity contribution < 1.29 is 9.53 Å². The monoisotopic (exact) mass is 299 g/mol. The van der Waals surface area contributed by atoms with E-state index in [-0.39, 0.29) is 5.91 Å². The van der Waals surface area contributed by atoms with Crippen LogP contribution in [0.25, 0.3) is 0 Å². The molecular weight excluding hydrogens is 278 g/mol. The van der Waals surface area contributed by atoms with Crippen molar-refractivity contribution in [2.75, 3.05) is 6.54 Å². The Morgan fingerprint density at radius 3 is 2.82 bits per heavy atom. The van der Waals surface area contributed by atoms with E-state index >= 15 is 0 Å². The van der Waals surface area contributed by atoms with Gasteiger partial charge in [-0.2, -0.15) is 0 Å². The first-order valence-corrected chi connectivity index (χ1v) is 7.13. The molecule has 116 valence electrons. The van der Waals surface area contributed by atoms with E-state index in [1.165, 1.54) is 0 Å². The molecule has 1 aromatic heterocycles. The second-order valence-electron chi connectivity index (χ2n) is 5.85. The molecule has 5 heteroatoms. The molecule has 0 unspecified atom stereocenters. The van der Waals surface area contributed by atoms with Gasteiger partial charge in [-0.05, 0) is 38.1 Å². The molecule has 1 heterocycles. The second-order valence-corrected chi connectivity index (χ2v) is 5.85. The minimum absolute atomic E-state index is 0.162. The third kappa shape index (κ3) is 5.18. The van der Waals surface area contributed by atoms with Gasteiger partial charge in [-0.3, -0.25) is 9.78 Å². The number of hydrogen-bond donors (Lipinski definition) is 2. The number of carbonyl (C=O) groups excluding carboxylic acids is 1. The number of aromatic nitrogens is 1. The lowest BCUT2D eigenvalue weighted by molar-refractivity contribution is 0.0945. The standard InChI is InChI=1S/C17H21N3O2/c1-17(2,18)12-20-16(21)14-6-3-7-15(9-14)22-11-13-5-4-8-19-10-13/h3-10H,11-12,18H2,1-2H3,(H,20,21). The molecule has 0 atom stereocenters. The molecule has 1 aromatic carbocycles. The largest absolute Gasteiger partial charge is 0.489 e. The van der Waals surface area contributed by atoms with Crippen LogP contribution in [0.4, 0.5) is 0 Å². The molecule has 22 heavy (non-hydrogen) atoms. The lowest BCUT2D eigenvalue weighted by atomic mass is 10.1. The van der Waals surface area contributed by atoms with E-state index in [0.717, 1.165) is 5.56 Å². The third-order valence-electron chi connectivity index (χ3n) is 2.93. The molecule has 0 saturated heterocycles. The van der Waals surface area contributed by atoms with E-state index in [1.54, 1.807) is 30.6 Å². The van der Waals surface area contributed by atoms with Gasteiger partial charge in [-0.1, -0.05) is 12.1 Å². The van der Waals surface area contributed by atoms with E-state index in [4.69, 9.17) is 10.5 Å². The Labute approximate surface area is 130 Å². The fourth-order valence-corrected chi connectivity index (χ4v) is 1.79. The molecule has 0 bridgehead atoms. The van der Waals surface area contributed by atoms with Gasteiger partial charge < -0.3 is 15.8 Å². The maximum absolute atomic E-state index is 12.1. The van der Waals surface area contributed by atoms with E-state index in [9.17, 15) is 4.79 Å². The molecule has 0 radical (unpaired) electrons. The van der Waals surface area contributed by atoms with E-state index in [0.29, 0.717) is 24.5 Å².